The van der Waals surface area contributed by atoms with Gasteiger partial charge in [-0.25, -0.2) is 4.39 Å². The molecule has 0 bridgehead atoms. The van der Waals surface area contributed by atoms with Crippen LogP contribution < -0.4 is 5.32 Å². The van der Waals surface area contributed by atoms with Crippen molar-refractivity contribution in [2.45, 2.75) is 24.8 Å². The van der Waals surface area contributed by atoms with Crippen LogP contribution in [0.25, 0.3) is 0 Å². The molecule has 1 N–H and O–H groups in total. The molecule has 0 amide bonds. The average Bonchev–Trinajstić information content (AvgIpc) is 2.38. The van der Waals surface area contributed by atoms with Gasteiger partial charge < -0.3 is 5.32 Å². The SMILES string of the molecule is Fc1c(Cl)cccc1NC1CC(c2cccc(Br)c2)C1. The fourth-order valence-corrected chi connectivity index (χ4v) is 3.20. The lowest BCUT2D eigenvalue weighted by atomic mass is 9.76. The molecule has 1 fully saturated rings. The lowest BCUT2D eigenvalue weighted by molar-refractivity contribution is 0.373. The zero-order valence-corrected chi connectivity index (χ0v) is 13.1. The van der Waals surface area contributed by atoms with Gasteiger partial charge in [0.15, 0.2) is 5.82 Å². The van der Waals surface area contributed by atoms with Gasteiger partial charge in [-0.1, -0.05) is 45.7 Å². The van der Waals surface area contributed by atoms with E-state index in [4.69, 9.17) is 11.6 Å². The quantitative estimate of drug-likeness (QED) is 0.756. The van der Waals surface area contributed by atoms with E-state index in [0.717, 1.165) is 17.3 Å². The van der Waals surface area contributed by atoms with Gasteiger partial charge in [-0.2, -0.15) is 0 Å². The molecule has 0 unspecified atom stereocenters. The van der Waals surface area contributed by atoms with Crippen molar-refractivity contribution in [3.8, 4) is 0 Å². The van der Waals surface area contributed by atoms with E-state index in [2.05, 4.69) is 39.4 Å². The first-order chi connectivity index (χ1) is 9.63. The maximum atomic E-state index is 13.8. The minimum absolute atomic E-state index is 0.165. The Hall–Kier alpha value is -1.06. The number of anilines is 1. The van der Waals surface area contributed by atoms with Crippen molar-refractivity contribution in [1.82, 2.24) is 0 Å². The molecule has 1 nitrogen and oxygen atoms in total. The molecule has 0 aliphatic heterocycles. The average molecular weight is 355 g/mol. The van der Waals surface area contributed by atoms with Crippen LogP contribution in [0.15, 0.2) is 46.9 Å². The summed E-state index contributed by atoms with van der Waals surface area (Å²) in [5.74, 6) is 0.187. The van der Waals surface area contributed by atoms with Crippen LogP contribution in [0, 0.1) is 5.82 Å². The normalized spacial score (nSPS) is 21.4. The summed E-state index contributed by atoms with van der Waals surface area (Å²) < 4.78 is 14.9. The molecule has 0 spiro atoms. The summed E-state index contributed by atoms with van der Waals surface area (Å²) in [6.45, 7) is 0. The van der Waals surface area contributed by atoms with Gasteiger partial charge >= 0.3 is 0 Å². The van der Waals surface area contributed by atoms with Crippen LogP contribution in [-0.4, -0.2) is 6.04 Å². The van der Waals surface area contributed by atoms with E-state index in [-0.39, 0.29) is 10.8 Å². The summed E-state index contributed by atoms with van der Waals surface area (Å²) in [5.41, 5.74) is 1.83. The lowest BCUT2D eigenvalue weighted by Gasteiger charge is -2.37. The highest BCUT2D eigenvalue weighted by atomic mass is 79.9. The lowest BCUT2D eigenvalue weighted by Crippen LogP contribution is -2.34. The number of nitrogens with one attached hydrogen (secondary N) is 1. The van der Waals surface area contributed by atoms with Crippen molar-refractivity contribution < 1.29 is 4.39 Å². The number of hydrogen-bond donors (Lipinski definition) is 1. The van der Waals surface area contributed by atoms with Crippen LogP contribution in [0.5, 0.6) is 0 Å². The van der Waals surface area contributed by atoms with Crippen LogP contribution in [0.1, 0.15) is 24.3 Å². The molecule has 104 valence electrons. The Morgan fingerprint density at radius 1 is 1.15 bits per heavy atom. The van der Waals surface area contributed by atoms with Gasteiger partial charge in [-0.15, -0.1) is 0 Å². The highest BCUT2D eigenvalue weighted by molar-refractivity contribution is 9.10. The van der Waals surface area contributed by atoms with Crippen molar-refractivity contribution in [3.63, 3.8) is 0 Å². The Labute approximate surface area is 131 Å². The molecule has 2 aromatic rings. The maximum absolute atomic E-state index is 13.8. The van der Waals surface area contributed by atoms with Gasteiger partial charge in [-0.3, -0.25) is 0 Å². The third-order valence-electron chi connectivity index (χ3n) is 3.77. The monoisotopic (exact) mass is 353 g/mol. The molecule has 3 rings (SSSR count). The van der Waals surface area contributed by atoms with Crippen molar-refractivity contribution in [2.24, 2.45) is 0 Å². The van der Waals surface area contributed by atoms with E-state index in [1.165, 1.54) is 5.56 Å². The minimum Gasteiger partial charge on any atom is -0.380 e. The Morgan fingerprint density at radius 2 is 1.90 bits per heavy atom. The molecule has 1 aliphatic rings. The molecule has 0 atom stereocenters. The topological polar surface area (TPSA) is 12.0 Å². The first-order valence-corrected chi connectivity index (χ1v) is 7.76. The molecule has 0 saturated heterocycles. The summed E-state index contributed by atoms with van der Waals surface area (Å²) in [6.07, 6.45) is 2.03. The molecular weight excluding hydrogens is 341 g/mol. The maximum Gasteiger partial charge on any atom is 0.164 e. The summed E-state index contributed by atoms with van der Waals surface area (Å²) >= 11 is 9.27. The van der Waals surface area contributed by atoms with E-state index in [1.54, 1.807) is 18.2 Å². The Morgan fingerprint density at radius 3 is 2.65 bits per heavy atom. The van der Waals surface area contributed by atoms with E-state index in [9.17, 15) is 4.39 Å². The van der Waals surface area contributed by atoms with Crippen molar-refractivity contribution in [2.75, 3.05) is 5.32 Å². The second-order valence-electron chi connectivity index (χ2n) is 5.17. The predicted octanol–water partition coefficient (Wildman–Crippen LogP) is 5.60. The van der Waals surface area contributed by atoms with Crippen LogP contribution in [0.2, 0.25) is 5.02 Å². The van der Waals surface area contributed by atoms with Gasteiger partial charge in [0.25, 0.3) is 0 Å². The second-order valence-corrected chi connectivity index (χ2v) is 6.49. The molecule has 1 aliphatic carbocycles. The summed E-state index contributed by atoms with van der Waals surface area (Å²) in [4.78, 5) is 0. The fraction of sp³-hybridized carbons (Fsp3) is 0.250. The number of hydrogen-bond acceptors (Lipinski definition) is 1. The first kappa shape index (κ1) is 13.9. The second kappa shape index (κ2) is 5.74. The Bertz CT molecular complexity index is 626. The van der Waals surface area contributed by atoms with E-state index in [1.807, 2.05) is 6.07 Å². The molecule has 20 heavy (non-hydrogen) atoms. The third kappa shape index (κ3) is 2.84. The van der Waals surface area contributed by atoms with Crippen LogP contribution in [0.4, 0.5) is 10.1 Å². The van der Waals surface area contributed by atoms with E-state index in [0.29, 0.717) is 17.6 Å². The standard InChI is InChI=1S/C16H14BrClFN/c17-12-4-1-3-10(7-12)11-8-13(9-11)20-15-6-2-5-14(18)16(15)19/h1-7,11,13,20H,8-9H2. The molecule has 0 heterocycles. The number of rotatable bonds is 3. The number of halogens is 3. The predicted molar refractivity (Wildman–Crippen MR) is 84.9 cm³/mol. The first-order valence-electron chi connectivity index (χ1n) is 6.59. The molecule has 1 saturated carbocycles. The van der Waals surface area contributed by atoms with Gasteiger partial charge in [0.2, 0.25) is 0 Å². The van der Waals surface area contributed by atoms with Crippen molar-refractivity contribution in [3.05, 3.63) is 63.3 Å². The van der Waals surface area contributed by atoms with Crippen molar-refractivity contribution in [1.29, 1.82) is 0 Å². The van der Waals surface area contributed by atoms with Crippen LogP contribution >= 0.6 is 27.5 Å². The minimum atomic E-state index is -0.361. The Kier molecular flexibility index (Phi) is 3.99. The van der Waals surface area contributed by atoms with Crippen LogP contribution in [-0.2, 0) is 0 Å². The molecule has 2 aromatic carbocycles. The summed E-state index contributed by atoms with van der Waals surface area (Å²) in [5, 5.41) is 3.40. The zero-order valence-electron chi connectivity index (χ0n) is 10.7. The van der Waals surface area contributed by atoms with E-state index < -0.39 is 0 Å². The molecule has 0 radical (unpaired) electrons. The molecular formula is C16H14BrClFN. The van der Waals surface area contributed by atoms with Gasteiger partial charge in [0, 0.05) is 10.5 Å². The van der Waals surface area contributed by atoms with Crippen LogP contribution in [0.3, 0.4) is 0 Å². The zero-order chi connectivity index (χ0) is 14.1. The van der Waals surface area contributed by atoms with Gasteiger partial charge in [0.1, 0.15) is 0 Å². The van der Waals surface area contributed by atoms with E-state index >= 15 is 0 Å². The van der Waals surface area contributed by atoms with Gasteiger partial charge in [0.05, 0.1) is 10.7 Å². The fourth-order valence-electron chi connectivity index (χ4n) is 2.60. The smallest absolute Gasteiger partial charge is 0.164 e. The molecule has 0 aromatic heterocycles. The molecule has 4 heteroatoms. The highest BCUT2D eigenvalue weighted by Crippen LogP contribution is 2.39. The summed E-state index contributed by atoms with van der Waals surface area (Å²) in [6, 6.07) is 13.7. The number of benzene rings is 2. The van der Waals surface area contributed by atoms with Gasteiger partial charge in [-0.05, 0) is 48.6 Å². The largest absolute Gasteiger partial charge is 0.380 e. The Balaban J connectivity index is 1.62. The van der Waals surface area contributed by atoms with Crippen molar-refractivity contribution >= 4 is 33.2 Å². The highest BCUT2D eigenvalue weighted by Gasteiger charge is 2.30. The third-order valence-corrected chi connectivity index (χ3v) is 4.55. The summed E-state index contributed by atoms with van der Waals surface area (Å²) in [7, 11) is 0.